The minimum Gasteiger partial charge on any atom is -0.493 e. The van der Waals surface area contributed by atoms with Crippen LogP contribution in [0.25, 0.3) is 0 Å². The Bertz CT molecular complexity index is 721. The predicted molar refractivity (Wildman–Crippen MR) is 81.4 cm³/mol. The second-order valence-corrected chi connectivity index (χ2v) is 4.94. The number of aromatic hydroxyl groups is 1. The van der Waals surface area contributed by atoms with E-state index in [1.807, 2.05) is 60.7 Å². The van der Waals surface area contributed by atoms with Gasteiger partial charge in [-0.05, 0) is 11.1 Å². The number of aromatic nitrogens is 2. The quantitative estimate of drug-likeness (QED) is 0.772. The largest absolute Gasteiger partial charge is 0.493 e. The van der Waals surface area contributed by atoms with Gasteiger partial charge in [0.1, 0.15) is 0 Å². The van der Waals surface area contributed by atoms with Crippen molar-refractivity contribution < 1.29 is 5.11 Å². The zero-order valence-corrected chi connectivity index (χ0v) is 11.4. The molecule has 1 heterocycles. The fourth-order valence-electron chi connectivity index (χ4n) is 2.52. The highest BCUT2D eigenvalue weighted by molar-refractivity contribution is 5.32. The third kappa shape index (κ3) is 2.74. The fraction of sp³-hybridized carbons (Fsp3) is 0.118. The van der Waals surface area contributed by atoms with Crippen molar-refractivity contribution in [1.82, 2.24) is 9.55 Å². The molecular formula is C17H16N2O2. The number of hydrogen-bond acceptors (Lipinski definition) is 2. The molecule has 0 aliphatic rings. The molecule has 4 nitrogen and oxygen atoms in total. The normalized spacial score (nSPS) is 10.9. The van der Waals surface area contributed by atoms with E-state index in [-0.39, 0.29) is 17.5 Å². The molecule has 2 aromatic carbocycles. The molecule has 0 spiro atoms. The molecule has 0 bridgehead atoms. The summed E-state index contributed by atoms with van der Waals surface area (Å²) < 4.78 is 1.35. The van der Waals surface area contributed by atoms with Gasteiger partial charge in [-0.2, -0.15) is 0 Å². The first kappa shape index (κ1) is 13.2. The van der Waals surface area contributed by atoms with E-state index in [2.05, 4.69) is 4.98 Å². The number of rotatable bonds is 4. The zero-order valence-electron chi connectivity index (χ0n) is 11.4. The van der Waals surface area contributed by atoms with Crippen molar-refractivity contribution in [3.63, 3.8) is 0 Å². The molecule has 0 aliphatic carbocycles. The van der Waals surface area contributed by atoms with E-state index in [1.54, 1.807) is 0 Å². The van der Waals surface area contributed by atoms with Gasteiger partial charge in [-0.15, -0.1) is 0 Å². The molecule has 2 N–H and O–H groups in total. The van der Waals surface area contributed by atoms with Crippen LogP contribution in [0.2, 0.25) is 0 Å². The first-order valence-corrected chi connectivity index (χ1v) is 6.83. The Hall–Kier alpha value is -2.75. The molecule has 21 heavy (non-hydrogen) atoms. The van der Waals surface area contributed by atoms with Crippen LogP contribution < -0.4 is 5.69 Å². The van der Waals surface area contributed by atoms with Gasteiger partial charge >= 0.3 is 5.69 Å². The first-order valence-electron chi connectivity index (χ1n) is 6.83. The third-order valence-corrected chi connectivity index (χ3v) is 3.62. The Kier molecular flexibility index (Phi) is 3.60. The molecule has 0 saturated heterocycles. The topological polar surface area (TPSA) is 58.0 Å². The summed E-state index contributed by atoms with van der Waals surface area (Å²) in [7, 11) is 0. The highest BCUT2D eigenvalue weighted by Gasteiger charge is 2.17. The number of H-pyrrole nitrogens is 1. The Morgan fingerprint density at radius 2 is 1.48 bits per heavy atom. The maximum Gasteiger partial charge on any atom is 0.328 e. The molecule has 3 aromatic rings. The van der Waals surface area contributed by atoms with Crippen molar-refractivity contribution in [1.29, 1.82) is 0 Å². The van der Waals surface area contributed by atoms with Crippen LogP contribution >= 0.6 is 0 Å². The summed E-state index contributed by atoms with van der Waals surface area (Å²) in [6, 6.07) is 20.0. The summed E-state index contributed by atoms with van der Waals surface area (Å²) in [4.78, 5) is 14.3. The first-order chi connectivity index (χ1) is 10.3. The van der Waals surface area contributed by atoms with Gasteiger partial charge in [0.15, 0.2) is 0 Å². The van der Waals surface area contributed by atoms with Crippen molar-refractivity contribution in [2.24, 2.45) is 0 Å². The number of nitrogens with zero attached hydrogens (tertiary/aromatic N) is 1. The van der Waals surface area contributed by atoms with Gasteiger partial charge in [-0.3, -0.25) is 4.57 Å². The van der Waals surface area contributed by atoms with Crippen LogP contribution in [0.15, 0.2) is 71.7 Å². The Labute approximate surface area is 122 Å². The van der Waals surface area contributed by atoms with Gasteiger partial charge in [0.05, 0.1) is 6.20 Å². The van der Waals surface area contributed by atoms with E-state index in [4.69, 9.17) is 0 Å². The highest BCUT2D eigenvalue weighted by Crippen LogP contribution is 2.26. The maximum atomic E-state index is 11.8. The summed E-state index contributed by atoms with van der Waals surface area (Å²) in [5.74, 6) is -0.0383. The minimum atomic E-state index is -0.302. The lowest BCUT2D eigenvalue weighted by molar-refractivity contribution is 0.406. The minimum absolute atomic E-state index is 0.00630. The lowest BCUT2D eigenvalue weighted by atomic mass is 9.91. The van der Waals surface area contributed by atoms with Crippen molar-refractivity contribution in [3.8, 4) is 5.88 Å². The van der Waals surface area contributed by atoms with Crippen molar-refractivity contribution in [3.05, 3.63) is 88.5 Å². The van der Waals surface area contributed by atoms with E-state index < -0.39 is 0 Å². The van der Waals surface area contributed by atoms with Crippen LogP contribution in [0.1, 0.15) is 17.0 Å². The monoisotopic (exact) mass is 280 g/mol. The molecule has 0 saturated carbocycles. The Balaban J connectivity index is 2.03. The molecule has 4 heteroatoms. The van der Waals surface area contributed by atoms with Crippen molar-refractivity contribution in [2.45, 2.75) is 12.5 Å². The average molecular weight is 280 g/mol. The summed E-state index contributed by atoms with van der Waals surface area (Å²) in [5, 5.41) is 9.81. The SMILES string of the molecule is O=c1[nH]cc(O)n1CC(c1ccccc1)c1ccccc1. The zero-order chi connectivity index (χ0) is 14.7. The molecule has 3 rings (SSSR count). The molecule has 0 fully saturated rings. The van der Waals surface area contributed by atoms with Gasteiger partial charge in [-0.1, -0.05) is 60.7 Å². The highest BCUT2D eigenvalue weighted by atomic mass is 16.3. The van der Waals surface area contributed by atoms with Gasteiger partial charge in [0.2, 0.25) is 5.88 Å². The van der Waals surface area contributed by atoms with Crippen LogP contribution in [-0.2, 0) is 6.54 Å². The molecule has 0 aliphatic heterocycles. The maximum absolute atomic E-state index is 11.8. The molecule has 1 aromatic heterocycles. The van der Waals surface area contributed by atoms with E-state index in [9.17, 15) is 9.90 Å². The molecular weight excluding hydrogens is 264 g/mol. The number of benzene rings is 2. The number of aromatic amines is 1. The smallest absolute Gasteiger partial charge is 0.328 e. The van der Waals surface area contributed by atoms with Gasteiger partial charge < -0.3 is 10.1 Å². The van der Waals surface area contributed by atoms with E-state index in [1.165, 1.54) is 10.8 Å². The molecule has 0 unspecified atom stereocenters. The fourth-order valence-corrected chi connectivity index (χ4v) is 2.52. The van der Waals surface area contributed by atoms with E-state index in [0.29, 0.717) is 6.54 Å². The summed E-state index contributed by atoms with van der Waals surface area (Å²) in [5.41, 5.74) is 1.91. The summed E-state index contributed by atoms with van der Waals surface area (Å²) in [6.07, 6.45) is 1.31. The van der Waals surface area contributed by atoms with Gasteiger partial charge in [0.25, 0.3) is 0 Å². The molecule has 106 valence electrons. The van der Waals surface area contributed by atoms with Gasteiger partial charge in [0, 0.05) is 12.5 Å². The number of imidazole rings is 1. The second kappa shape index (κ2) is 5.71. The van der Waals surface area contributed by atoms with E-state index >= 15 is 0 Å². The van der Waals surface area contributed by atoms with Crippen LogP contribution in [0.4, 0.5) is 0 Å². The van der Waals surface area contributed by atoms with Crippen molar-refractivity contribution >= 4 is 0 Å². The lowest BCUT2D eigenvalue weighted by Gasteiger charge is -2.18. The Morgan fingerprint density at radius 3 is 1.90 bits per heavy atom. The second-order valence-electron chi connectivity index (χ2n) is 4.94. The van der Waals surface area contributed by atoms with Crippen molar-refractivity contribution in [2.75, 3.05) is 0 Å². The lowest BCUT2D eigenvalue weighted by Crippen LogP contribution is -2.21. The Morgan fingerprint density at radius 1 is 0.952 bits per heavy atom. The summed E-state index contributed by atoms with van der Waals surface area (Å²) in [6.45, 7) is 0.391. The van der Waals surface area contributed by atoms with Crippen LogP contribution in [0, 0.1) is 0 Å². The molecule has 0 atom stereocenters. The summed E-state index contributed by atoms with van der Waals surface area (Å²) >= 11 is 0. The third-order valence-electron chi connectivity index (χ3n) is 3.62. The molecule has 0 radical (unpaired) electrons. The van der Waals surface area contributed by atoms with Crippen LogP contribution in [0.5, 0.6) is 5.88 Å². The van der Waals surface area contributed by atoms with Crippen LogP contribution in [-0.4, -0.2) is 14.7 Å². The molecule has 0 amide bonds. The van der Waals surface area contributed by atoms with Crippen LogP contribution in [0.3, 0.4) is 0 Å². The standard InChI is InChI=1S/C17H16N2O2/c20-16-11-18-17(21)19(16)12-15(13-7-3-1-4-8-13)14-9-5-2-6-10-14/h1-11,15,20H,12H2,(H,18,21). The average Bonchev–Trinajstić information content (AvgIpc) is 2.85. The van der Waals surface area contributed by atoms with E-state index in [0.717, 1.165) is 11.1 Å². The number of hydrogen-bond donors (Lipinski definition) is 2. The number of nitrogens with one attached hydrogen (secondary N) is 1. The van der Waals surface area contributed by atoms with Gasteiger partial charge in [-0.25, -0.2) is 4.79 Å². The predicted octanol–water partition coefficient (Wildman–Crippen LogP) is 2.71.